The number of benzene rings is 1. The zero-order valence-electron chi connectivity index (χ0n) is 15.3. The Balaban J connectivity index is 1.55. The molecule has 0 bridgehead atoms. The van der Waals surface area contributed by atoms with Crippen LogP contribution in [0.3, 0.4) is 0 Å². The van der Waals surface area contributed by atoms with E-state index in [2.05, 4.69) is 26.0 Å². The van der Waals surface area contributed by atoms with Crippen LogP contribution >= 0.6 is 15.9 Å². The van der Waals surface area contributed by atoms with Crippen LogP contribution in [-0.2, 0) is 11.8 Å². The largest absolute Gasteiger partial charge is 0.437 e. The second-order valence-corrected chi connectivity index (χ2v) is 7.30. The zero-order valence-corrected chi connectivity index (χ0v) is 16.9. The zero-order chi connectivity index (χ0) is 19.5. The normalized spacial score (nSPS) is 16.8. The van der Waals surface area contributed by atoms with Crippen molar-refractivity contribution >= 4 is 21.8 Å². The van der Waals surface area contributed by atoms with E-state index in [-0.39, 0.29) is 17.9 Å². The first kappa shape index (κ1) is 18.6. The summed E-state index contributed by atoms with van der Waals surface area (Å²) in [5.74, 6) is 0.752. The third-order valence-electron chi connectivity index (χ3n) is 4.50. The van der Waals surface area contributed by atoms with E-state index in [1.165, 1.54) is 0 Å². The highest BCUT2D eigenvalue weighted by molar-refractivity contribution is 9.10. The van der Waals surface area contributed by atoms with Gasteiger partial charge in [-0.3, -0.25) is 9.48 Å². The third-order valence-corrected chi connectivity index (χ3v) is 5.15. The summed E-state index contributed by atoms with van der Waals surface area (Å²) >= 11 is 3.46. The van der Waals surface area contributed by atoms with Crippen LogP contribution in [0.15, 0.2) is 59.5 Å². The predicted octanol–water partition coefficient (Wildman–Crippen LogP) is 3.58. The number of aryl methyl sites for hydroxylation is 1. The lowest BCUT2D eigenvalue weighted by molar-refractivity contribution is -0.0229. The van der Waals surface area contributed by atoms with Crippen LogP contribution in [0.5, 0.6) is 11.6 Å². The Labute approximate surface area is 171 Å². The fourth-order valence-electron chi connectivity index (χ4n) is 3.08. The average molecular weight is 443 g/mol. The lowest BCUT2D eigenvalue weighted by Crippen LogP contribution is -2.42. The molecule has 0 radical (unpaired) electrons. The van der Waals surface area contributed by atoms with Gasteiger partial charge in [0.2, 0.25) is 5.88 Å². The molecule has 2 aromatic heterocycles. The van der Waals surface area contributed by atoms with E-state index in [9.17, 15) is 4.79 Å². The first-order valence-corrected chi connectivity index (χ1v) is 9.68. The Morgan fingerprint density at radius 3 is 2.93 bits per heavy atom. The van der Waals surface area contributed by atoms with Crippen molar-refractivity contribution in [1.29, 1.82) is 0 Å². The summed E-state index contributed by atoms with van der Waals surface area (Å²) in [6, 6.07) is 10.9. The van der Waals surface area contributed by atoms with Gasteiger partial charge >= 0.3 is 0 Å². The second-order valence-electron chi connectivity index (χ2n) is 6.45. The van der Waals surface area contributed by atoms with Gasteiger partial charge < -0.3 is 14.4 Å². The minimum atomic E-state index is -0.198. The minimum Gasteiger partial charge on any atom is -0.437 e. The van der Waals surface area contributed by atoms with Crippen LogP contribution in [-0.4, -0.2) is 45.3 Å². The van der Waals surface area contributed by atoms with E-state index < -0.39 is 0 Å². The number of morpholine rings is 1. The van der Waals surface area contributed by atoms with Crippen LogP contribution in [0.4, 0.5) is 0 Å². The van der Waals surface area contributed by atoms with Gasteiger partial charge in [-0.25, -0.2) is 4.98 Å². The summed E-state index contributed by atoms with van der Waals surface area (Å²) in [6.45, 7) is 1.43. The van der Waals surface area contributed by atoms with E-state index >= 15 is 0 Å². The lowest BCUT2D eigenvalue weighted by atomic mass is 10.1. The molecule has 1 amide bonds. The molecule has 4 rings (SSSR count). The first-order chi connectivity index (χ1) is 13.6. The minimum absolute atomic E-state index is 0.132. The molecule has 28 heavy (non-hydrogen) atoms. The number of nitrogens with zero attached hydrogens (tertiary/aromatic N) is 4. The number of amides is 1. The van der Waals surface area contributed by atoms with Crippen molar-refractivity contribution in [2.45, 2.75) is 6.10 Å². The molecular formula is C20H19BrN4O3. The monoisotopic (exact) mass is 442 g/mol. The van der Waals surface area contributed by atoms with Crippen LogP contribution in [0.2, 0.25) is 0 Å². The van der Waals surface area contributed by atoms with Crippen molar-refractivity contribution in [3.63, 3.8) is 0 Å². The highest BCUT2D eigenvalue weighted by atomic mass is 79.9. The molecule has 0 N–H and O–H groups in total. The number of carbonyl (C=O) groups is 1. The van der Waals surface area contributed by atoms with E-state index in [0.29, 0.717) is 31.0 Å². The van der Waals surface area contributed by atoms with Gasteiger partial charge in [-0.15, -0.1) is 0 Å². The van der Waals surface area contributed by atoms with Gasteiger partial charge in [0.1, 0.15) is 17.4 Å². The summed E-state index contributed by atoms with van der Waals surface area (Å²) in [5, 5.41) is 4.19. The molecule has 3 aromatic rings. The Kier molecular flexibility index (Phi) is 5.40. The summed E-state index contributed by atoms with van der Waals surface area (Å²) in [5.41, 5.74) is 1.38. The number of hydrogen-bond donors (Lipinski definition) is 0. The Morgan fingerprint density at radius 1 is 1.29 bits per heavy atom. The van der Waals surface area contributed by atoms with Crippen LogP contribution in [0.25, 0.3) is 0 Å². The highest BCUT2D eigenvalue weighted by Crippen LogP contribution is 2.31. The van der Waals surface area contributed by atoms with Gasteiger partial charge in [0.25, 0.3) is 5.91 Å². The van der Waals surface area contributed by atoms with E-state index in [1.54, 1.807) is 34.1 Å². The molecular weight excluding hydrogens is 424 g/mol. The number of para-hydroxylation sites is 1. The van der Waals surface area contributed by atoms with Crippen LogP contribution in [0.1, 0.15) is 22.0 Å². The molecule has 144 valence electrons. The number of ether oxygens (including phenoxy) is 2. The number of halogens is 1. The van der Waals surface area contributed by atoms with E-state index in [4.69, 9.17) is 9.47 Å². The predicted molar refractivity (Wildman–Crippen MR) is 106 cm³/mol. The smallest absolute Gasteiger partial charge is 0.259 e. The molecule has 1 atom stereocenters. The molecule has 1 aromatic carbocycles. The molecule has 8 heteroatoms. The maximum absolute atomic E-state index is 13.2. The van der Waals surface area contributed by atoms with Gasteiger partial charge in [0, 0.05) is 31.5 Å². The standard InChI is InChI=1S/C20H19BrN4O3/c1-24-12-14(11-23-24)18-13-25(9-10-27-18)20(26)15-5-4-8-22-19(15)28-17-7-3-2-6-16(17)21/h2-8,11-12,18H,9-10,13H2,1H3. The van der Waals surface area contributed by atoms with Crippen LogP contribution < -0.4 is 4.74 Å². The molecule has 1 unspecified atom stereocenters. The fraction of sp³-hybridized carbons (Fsp3) is 0.250. The van der Waals surface area contributed by atoms with Crippen molar-refractivity contribution < 1.29 is 14.3 Å². The van der Waals surface area contributed by atoms with Crippen molar-refractivity contribution in [2.75, 3.05) is 19.7 Å². The molecule has 1 aliphatic heterocycles. The third kappa shape index (κ3) is 3.93. The lowest BCUT2D eigenvalue weighted by Gasteiger charge is -2.32. The highest BCUT2D eigenvalue weighted by Gasteiger charge is 2.29. The van der Waals surface area contributed by atoms with Crippen molar-refractivity contribution in [1.82, 2.24) is 19.7 Å². The molecule has 0 spiro atoms. The van der Waals surface area contributed by atoms with Gasteiger partial charge in [0.15, 0.2) is 0 Å². The molecule has 0 saturated carbocycles. The number of hydrogen-bond acceptors (Lipinski definition) is 5. The van der Waals surface area contributed by atoms with Gasteiger partial charge in [-0.05, 0) is 40.2 Å². The summed E-state index contributed by atoms with van der Waals surface area (Å²) in [7, 11) is 1.86. The molecule has 1 aliphatic rings. The first-order valence-electron chi connectivity index (χ1n) is 8.88. The molecule has 7 nitrogen and oxygen atoms in total. The Morgan fingerprint density at radius 2 is 2.14 bits per heavy atom. The fourth-order valence-corrected chi connectivity index (χ4v) is 3.44. The molecule has 0 aliphatic carbocycles. The SMILES string of the molecule is Cn1cc(C2CN(C(=O)c3cccnc3Oc3ccccc3Br)CCO2)cn1. The summed E-state index contributed by atoms with van der Waals surface area (Å²) in [6.07, 6.45) is 5.09. The van der Waals surface area contributed by atoms with Gasteiger partial charge in [0.05, 0.1) is 23.8 Å². The topological polar surface area (TPSA) is 69.5 Å². The maximum Gasteiger partial charge on any atom is 0.259 e. The molecule has 1 fully saturated rings. The van der Waals surface area contributed by atoms with Crippen molar-refractivity contribution in [2.24, 2.45) is 7.05 Å². The van der Waals surface area contributed by atoms with Gasteiger partial charge in [-0.2, -0.15) is 5.10 Å². The average Bonchev–Trinajstić information content (AvgIpc) is 3.16. The number of rotatable bonds is 4. The van der Waals surface area contributed by atoms with E-state index in [0.717, 1.165) is 10.0 Å². The van der Waals surface area contributed by atoms with Crippen molar-refractivity contribution in [3.8, 4) is 11.6 Å². The quantitative estimate of drug-likeness (QED) is 0.617. The number of pyridine rings is 1. The number of carbonyl (C=O) groups excluding carboxylic acids is 1. The number of aromatic nitrogens is 3. The molecule has 1 saturated heterocycles. The molecule has 3 heterocycles. The summed E-state index contributed by atoms with van der Waals surface area (Å²) < 4.78 is 14.3. The Bertz CT molecular complexity index is 991. The second kappa shape index (κ2) is 8.12. The summed E-state index contributed by atoms with van der Waals surface area (Å²) in [4.78, 5) is 19.2. The maximum atomic E-state index is 13.2. The van der Waals surface area contributed by atoms with Gasteiger partial charge in [-0.1, -0.05) is 12.1 Å². The van der Waals surface area contributed by atoms with Crippen LogP contribution in [0, 0.1) is 0 Å². The van der Waals surface area contributed by atoms with Crippen molar-refractivity contribution in [3.05, 3.63) is 70.6 Å². The Hall–Kier alpha value is -2.71. The van der Waals surface area contributed by atoms with E-state index in [1.807, 2.05) is 37.5 Å².